The molecule has 2 aromatic rings. The Bertz CT molecular complexity index is 803. The standard InChI is InChI=1S/C24H31ClFNO2.ClH/c1-3-4-5-6-7-8-19-14-23(20-11-10-18(28-2)15-24(20)29-19)27-16-17-9-12-22(26)21(25)13-17;/h9-13,15,19,23,27H,3-8,14,16H2,1-2H3;1H/t19-,23+;/m0./s1. The van der Waals surface area contributed by atoms with Crippen LogP contribution in [-0.2, 0) is 6.54 Å². The van der Waals surface area contributed by atoms with Crippen LogP contribution in [0, 0.1) is 5.82 Å². The van der Waals surface area contributed by atoms with Gasteiger partial charge in [-0.15, -0.1) is 12.4 Å². The van der Waals surface area contributed by atoms with Gasteiger partial charge in [0, 0.05) is 30.6 Å². The zero-order valence-electron chi connectivity index (χ0n) is 17.8. The fourth-order valence-electron chi connectivity index (χ4n) is 3.89. The Balaban J connectivity index is 0.00000320. The smallest absolute Gasteiger partial charge is 0.141 e. The lowest BCUT2D eigenvalue weighted by Gasteiger charge is -2.33. The number of hydrogen-bond donors (Lipinski definition) is 1. The lowest BCUT2D eigenvalue weighted by atomic mass is 9.93. The zero-order chi connectivity index (χ0) is 20.6. The fraction of sp³-hybridized carbons (Fsp3) is 0.500. The molecule has 0 saturated heterocycles. The first kappa shape index (κ1) is 24.8. The second kappa shape index (κ2) is 12.4. The molecule has 1 aliphatic heterocycles. The summed E-state index contributed by atoms with van der Waals surface area (Å²) in [4.78, 5) is 0. The highest BCUT2D eigenvalue weighted by molar-refractivity contribution is 6.30. The average Bonchev–Trinajstić information content (AvgIpc) is 2.73. The van der Waals surface area contributed by atoms with E-state index >= 15 is 0 Å². The molecule has 0 aromatic heterocycles. The van der Waals surface area contributed by atoms with Crippen molar-refractivity contribution in [2.75, 3.05) is 7.11 Å². The van der Waals surface area contributed by atoms with Crippen molar-refractivity contribution in [1.82, 2.24) is 5.32 Å². The number of ether oxygens (including phenoxy) is 2. The van der Waals surface area contributed by atoms with Gasteiger partial charge in [0.25, 0.3) is 0 Å². The average molecular weight is 456 g/mol. The molecule has 1 aliphatic rings. The van der Waals surface area contributed by atoms with Crippen LogP contribution in [0.2, 0.25) is 5.02 Å². The summed E-state index contributed by atoms with van der Waals surface area (Å²) in [7, 11) is 1.67. The molecule has 1 N–H and O–H groups in total. The molecule has 2 aromatic carbocycles. The van der Waals surface area contributed by atoms with E-state index in [9.17, 15) is 4.39 Å². The number of halogens is 3. The molecule has 0 spiro atoms. The second-order valence-electron chi connectivity index (χ2n) is 7.76. The monoisotopic (exact) mass is 455 g/mol. The van der Waals surface area contributed by atoms with Gasteiger partial charge in [-0.25, -0.2) is 4.39 Å². The molecule has 2 atom stereocenters. The van der Waals surface area contributed by atoms with Gasteiger partial charge in [0.15, 0.2) is 0 Å². The molecule has 30 heavy (non-hydrogen) atoms. The van der Waals surface area contributed by atoms with E-state index < -0.39 is 0 Å². The van der Waals surface area contributed by atoms with Crippen molar-refractivity contribution in [3.8, 4) is 11.5 Å². The molecule has 0 unspecified atom stereocenters. The summed E-state index contributed by atoms with van der Waals surface area (Å²) < 4.78 is 25.1. The number of fused-ring (bicyclic) bond motifs is 1. The molecule has 0 radical (unpaired) electrons. The third-order valence-electron chi connectivity index (χ3n) is 5.55. The minimum atomic E-state index is -0.387. The summed E-state index contributed by atoms with van der Waals surface area (Å²) in [5.41, 5.74) is 2.11. The summed E-state index contributed by atoms with van der Waals surface area (Å²) >= 11 is 5.93. The first-order valence-electron chi connectivity index (χ1n) is 10.6. The van der Waals surface area contributed by atoms with Crippen LogP contribution in [0.4, 0.5) is 4.39 Å². The Hall–Kier alpha value is -1.49. The van der Waals surface area contributed by atoms with Crippen LogP contribution in [0.25, 0.3) is 0 Å². The van der Waals surface area contributed by atoms with Gasteiger partial charge in [0.2, 0.25) is 0 Å². The lowest BCUT2D eigenvalue weighted by molar-refractivity contribution is 0.137. The Morgan fingerprint density at radius 2 is 1.93 bits per heavy atom. The maximum absolute atomic E-state index is 13.4. The first-order valence-corrected chi connectivity index (χ1v) is 11.0. The number of hydrogen-bond acceptors (Lipinski definition) is 3. The summed E-state index contributed by atoms with van der Waals surface area (Å²) in [6, 6.07) is 11.1. The number of rotatable bonds is 10. The van der Waals surface area contributed by atoms with Gasteiger partial charge >= 0.3 is 0 Å². The number of methoxy groups -OCH3 is 1. The highest BCUT2D eigenvalue weighted by Gasteiger charge is 2.28. The van der Waals surface area contributed by atoms with Crippen LogP contribution in [0.3, 0.4) is 0 Å². The molecule has 3 nitrogen and oxygen atoms in total. The molecular formula is C24H32Cl2FNO2. The topological polar surface area (TPSA) is 30.5 Å². The molecule has 6 heteroatoms. The molecule has 0 bridgehead atoms. The second-order valence-corrected chi connectivity index (χ2v) is 8.17. The minimum Gasteiger partial charge on any atom is -0.497 e. The Labute approximate surface area is 190 Å². The lowest BCUT2D eigenvalue weighted by Crippen LogP contribution is -2.32. The van der Waals surface area contributed by atoms with Gasteiger partial charge in [-0.3, -0.25) is 0 Å². The normalized spacial score (nSPS) is 17.6. The van der Waals surface area contributed by atoms with Crippen molar-refractivity contribution in [2.45, 2.75) is 70.6 Å². The number of unbranched alkanes of at least 4 members (excludes halogenated alkanes) is 4. The van der Waals surface area contributed by atoms with Gasteiger partial charge in [0.1, 0.15) is 23.4 Å². The van der Waals surface area contributed by atoms with Crippen molar-refractivity contribution in [3.05, 3.63) is 58.4 Å². The van der Waals surface area contributed by atoms with Gasteiger partial charge in [-0.2, -0.15) is 0 Å². The van der Waals surface area contributed by atoms with Gasteiger partial charge in [0.05, 0.1) is 12.1 Å². The van der Waals surface area contributed by atoms with E-state index in [-0.39, 0.29) is 35.4 Å². The highest BCUT2D eigenvalue weighted by Crippen LogP contribution is 2.38. The van der Waals surface area contributed by atoms with Crippen molar-refractivity contribution in [2.24, 2.45) is 0 Å². The Kier molecular flexibility index (Phi) is 10.2. The highest BCUT2D eigenvalue weighted by atomic mass is 35.5. The molecule has 166 valence electrons. The van der Waals surface area contributed by atoms with Crippen molar-refractivity contribution in [3.63, 3.8) is 0 Å². The number of benzene rings is 2. The van der Waals surface area contributed by atoms with Crippen molar-refractivity contribution < 1.29 is 13.9 Å². The van der Waals surface area contributed by atoms with E-state index in [4.69, 9.17) is 21.1 Å². The third kappa shape index (κ3) is 6.76. The van der Waals surface area contributed by atoms with E-state index in [1.54, 1.807) is 19.2 Å². The quantitative estimate of drug-likeness (QED) is 0.382. The predicted octanol–water partition coefficient (Wildman–Crippen LogP) is 7.25. The number of nitrogens with one attached hydrogen (secondary N) is 1. The summed E-state index contributed by atoms with van der Waals surface area (Å²) in [5, 5.41) is 3.78. The molecule has 0 aliphatic carbocycles. The summed E-state index contributed by atoms with van der Waals surface area (Å²) in [6.07, 6.45) is 8.45. The van der Waals surface area contributed by atoms with Gasteiger partial charge < -0.3 is 14.8 Å². The largest absolute Gasteiger partial charge is 0.497 e. The summed E-state index contributed by atoms with van der Waals surface area (Å²) in [5.74, 6) is 1.31. The van der Waals surface area contributed by atoms with Gasteiger partial charge in [-0.05, 0) is 36.6 Å². The molecule has 0 fully saturated rings. The van der Waals surface area contributed by atoms with Crippen molar-refractivity contribution in [1.29, 1.82) is 0 Å². The SMILES string of the molecule is CCCCCCC[C@H]1C[C@@H](NCc2ccc(F)c(Cl)c2)c2ccc(OC)cc2O1.Cl. The maximum atomic E-state index is 13.4. The van der Waals surface area contributed by atoms with Gasteiger partial charge in [-0.1, -0.05) is 56.3 Å². The third-order valence-corrected chi connectivity index (χ3v) is 5.84. The van der Waals surface area contributed by atoms with E-state index in [2.05, 4.69) is 18.3 Å². The molecular weight excluding hydrogens is 424 g/mol. The predicted molar refractivity (Wildman–Crippen MR) is 124 cm³/mol. The molecule has 0 saturated carbocycles. The van der Waals surface area contributed by atoms with Crippen LogP contribution in [0.1, 0.15) is 69.0 Å². The van der Waals surface area contributed by atoms with Crippen LogP contribution in [0.15, 0.2) is 36.4 Å². The van der Waals surface area contributed by atoms with Crippen LogP contribution >= 0.6 is 24.0 Å². The minimum absolute atomic E-state index is 0. The molecule has 3 rings (SSSR count). The van der Waals surface area contributed by atoms with Crippen LogP contribution in [0.5, 0.6) is 11.5 Å². The van der Waals surface area contributed by atoms with Crippen molar-refractivity contribution >= 4 is 24.0 Å². The van der Waals surface area contributed by atoms with E-state index in [0.29, 0.717) is 6.54 Å². The maximum Gasteiger partial charge on any atom is 0.141 e. The Morgan fingerprint density at radius 3 is 2.67 bits per heavy atom. The first-order chi connectivity index (χ1) is 14.1. The zero-order valence-corrected chi connectivity index (χ0v) is 19.3. The fourth-order valence-corrected chi connectivity index (χ4v) is 4.09. The van der Waals surface area contributed by atoms with E-state index in [0.717, 1.165) is 35.5 Å². The summed E-state index contributed by atoms with van der Waals surface area (Å²) in [6.45, 7) is 2.86. The van der Waals surface area contributed by atoms with Crippen LogP contribution < -0.4 is 14.8 Å². The molecule has 0 amide bonds. The van der Waals surface area contributed by atoms with E-state index in [1.807, 2.05) is 12.1 Å². The molecule has 1 heterocycles. The van der Waals surface area contributed by atoms with Crippen LogP contribution in [-0.4, -0.2) is 13.2 Å². The van der Waals surface area contributed by atoms with E-state index in [1.165, 1.54) is 38.2 Å². The Morgan fingerprint density at radius 1 is 1.13 bits per heavy atom.